The molecule has 19 heavy (non-hydrogen) atoms. The van der Waals surface area contributed by atoms with Gasteiger partial charge in [0, 0.05) is 12.6 Å². The number of carbonyl (C=O) groups is 1. The number of ether oxygens (including phenoxy) is 1. The lowest BCUT2D eigenvalue weighted by Gasteiger charge is -2.25. The molecule has 104 valence electrons. The fourth-order valence-corrected chi connectivity index (χ4v) is 2.70. The first-order valence-corrected chi connectivity index (χ1v) is 6.69. The molecule has 2 N–H and O–H groups in total. The number of methoxy groups -OCH3 is 1. The molecule has 0 spiro atoms. The average molecular weight is 263 g/mol. The van der Waals surface area contributed by atoms with E-state index in [9.17, 15) is 9.90 Å². The van der Waals surface area contributed by atoms with Crippen LogP contribution in [0.1, 0.15) is 43.0 Å². The van der Waals surface area contributed by atoms with Gasteiger partial charge in [-0.1, -0.05) is 19.8 Å². The molecule has 1 aromatic carbocycles. The van der Waals surface area contributed by atoms with E-state index in [0.29, 0.717) is 17.0 Å². The number of carboxylic acids is 1. The monoisotopic (exact) mass is 263 g/mol. The zero-order valence-corrected chi connectivity index (χ0v) is 11.5. The Labute approximate surface area is 113 Å². The molecule has 0 saturated heterocycles. The van der Waals surface area contributed by atoms with Crippen LogP contribution >= 0.6 is 0 Å². The van der Waals surface area contributed by atoms with Gasteiger partial charge in [0.15, 0.2) is 0 Å². The first-order valence-electron chi connectivity index (χ1n) is 6.69. The smallest absolute Gasteiger partial charge is 0.337 e. The molecule has 0 radical (unpaired) electrons. The highest BCUT2D eigenvalue weighted by atomic mass is 16.5. The summed E-state index contributed by atoms with van der Waals surface area (Å²) in [6.07, 6.45) is 4.93. The van der Waals surface area contributed by atoms with Crippen LogP contribution in [0.5, 0.6) is 5.75 Å². The van der Waals surface area contributed by atoms with E-state index in [0.717, 1.165) is 6.54 Å². The fraction of sp³-hybridized carbons (Fsp3) is 0.533. The molecule has 1 aliphatic rings. The number of benzene rings is 1. The van der Waals surface area contributed by atoms with Crippen LogP contribution in [0.3, 0.4) is 0 Å². The molecule has 0 unspecified atom stereocenters. The zero-order valence-electron chi connectivity index (χ0n) is 11.5. The molecule has 2 rings (SSSR count). The maximum Gasteiger partial charge on any atom is 0.337 e. The zero-order chi connectivity index (χ0) is 13.9. The van der Waals surface area contributed by atoms with Gasteiger partial charge in [0.25, 0.3) is 0 Å². The maximum absolute atomic E-state index is 11.2. The Morgan fingerprint density at radius 3 is 2.68 bits per heavy atom. The van der Waals surface area contributed by atoms with Gasteiger partial charge in [-0.25, -0.2) is 4.79 Å². The van der Waals surface area contributed by atoms with E-state index < -0.39 is 5.97 Å². The van der Waals surface area contributed by atoms with Crippen molar-refractivity contribution in [2.75, 3.05) is 19.0 Å². The Hall–Kier alpha value is -1.71. The van der Waals surface area contributed by atoms with Gasteiger partial charge in [0.1, 0.15) is 5.75 Å². The molecular formula is C15H21NO3. The van der Waals surface area contributed by atoms with E-state index in [1.54, 1.807) is 25.3 Å². The summed E-state index contributed by atoms with van der Waals surface area (Å²) in [5.41, 5.74) is 1.21. The highest BCUT2D eigenvalue weighted by Gasteiger charge is 2.28. The van der Waals surface area contributed by atoms with Crippen molar-refractivity contribution >= 4 is 11.7 Å². The Kier molecular flexibility index (Phi) is 3.98. The number of hydrogen-bond acceptors (Lipinski definition) is 3. The number of aromatic carboxylic acids is 1. The molecule has 0 atom stereocenters. The third kappa shape index (κ3) is 3.19. The van der Waals surface area contributed by atoms with Crippen LogP contribution in [-0.2, 0) is 0 Å². The van der Waals surface area contributed by atoms with Crippen molar-refractivity contribution in [2.45, 2.75) is 32.6 Å². The van der Waals surface area contributed by atoms with Gasteiger partial charge in [-0.2, -0.15) is 0 Å². The van der Waals surface area contributed by atoms with Gasteiger partial charge >= 0.3 is 5.97 Å². The van der Waals surface area contributed by atoms with Gasteiger partial charge in [0.05, 0.1) is 18.4 Å². The molecule has 4 heteroatoms. The summed E-state index contributed by atoms with van der Waals surface area (Å²) < 4.78 is 5.15. The maximum atomic E-state index is 11.2. The van der Waals surface area contributed by atoms with Crippen LogP contribution in [0.2, 0.25) is 0 Å². The SMILES string of the molecule is COc1ccc(C(=O)O)c(NCC2(C)CCCC2)c1. The highest BCUT2D eigenvalue weighted by molar-refractivity contribution is 5.94. The van der Waals surface area contributed by atoms with Gasteiger partial charge in [-0.05, 0) is 30.4 Å². The second kappa shape index (κ2) is 5.51. The first-order chi connectivity index (χ1) is 9.04. The van der Waals surface area contributed by atoms with E-state index >= 15 is 0 Å². The lowest BCUT2D eigenvalue weighted by atomic mass is 9.89. The summed E-state index contributed by atoms with van der Waals surface area (Å²) in [6.45, 7) is 3.06. The number of carboxylic acid groups (broad SMARTS) is 1. The lowest BCUT2D eigenvalue weighted by molar-refractivity contribution is 0.0698. The normalized spacial score (nSPS) is 17.2. The second-order valence-corrected chi connectivity index (χ2v) is 5.59. The number of rotatable bonds is 5. The second-order valence-electron chi connectivity index (χ2n) is 5.59. The Bertz CT molecular complexity index is 464. The Balaban J connectivity index is 2.15. The molecule has 1 aromatic rings. The minimum absolute atomic E-state index is 0.277. The topological polar surface area (TPSA) is 58.6 Å². The van der Waals surface area contributed by atoms with Crippen LogP contribution in [0.25, 0.3) is 0 Å². The Morgan fingerprint density at radius 2 is 2.11 bits per heavy atom. The molecule has 0 heterocycles. The third-order valence-electron chi connectivity index (χ3n) is 3.97. The minimum Gasteiger partial charge on any atom is -0.497 e. The largest absolute Gasteiger partial charge is 0.497 e. The molecule has 0 bridgehead atoms. The fourth-order valence-electron chi connectivity index (χ4n) is 2.70. The molecule has 1 aliphatic carbocycles. The predicted octanol–water partition coefficient (Wildman–Crippen LogP) is 3.39. The van der Waals surface area contributed by atoms with Crippen molar-refractivity contribution in [2.24, 2.45) is 5.41 Å². The van der Waals surface area contributed by atoms with E-state index in [-0.39, 0.29) is 5.41 Å². The van der Waals surface area contributed by atoms with Crippen molar-refractivity contribution in [3.05, 3.63) is 23.8 Å². The van der Waals surface area contributed by atoms with Crippen molar-refractivity contribution < 1.29 is 14.6 Å². The number of anilines is 1. The third-order valence-corrected chi connectivity index (χ3v) is 3.97. The van der Waals surface area contributed by atoms with E-state index in [4.69, 9.17) is 4.74 Å². The van der Waals surface area contributed by atoms with Crippen molar-refractivity contribution in [3.8, 4) is 5.75 Å². The van der Waals surface area contributed by atoms with E-state index in [2.05, 4.69) is 12.2 Å². The number of nitrogens with one attached hydrogen (secondary N) is 1. The summed E-state index contributed by atoms with van der Waals surface area (Å²) >= 11 is 0. The van der Waals surface area contributed by atoms with Crippen molar-refractivity contribution in [1.29, 1.82) is 0 Å². The first kappa shape index (κ1) is 13.7. The lowest BCUT2D eigenvalue weighted by Crippen LogP contribution is -2.23. The molecule has 0 aromatic heterocycles. The summed E-state index contributed by atoms with van der Waals surface area (Å²) in [7, 11) is 1.58. The summed E-state index contributed by atoms with van der Waals surface area (Å²) in [5.74, 6) is -0.245. The van der Waals surface area contributed by atoms with Crippen LogP contribution in [0.4, 0.5) is 5.69 Å². The van der Waals surface area contributed by atoms with Crippen LogP contribution in [0.15, 0.2) is 18.2 Å². The van der Waals surface area contributed by atoms with Gasteiger partial charge in [-0.15, -0.1) is 0 Å². The van der Waals surface area contributed by atoms with E-state index in [1.165, 1.54) is 25.7 Å². The molecular weight excluding hydrogens is 242 g/mol. The highest BCUT2D eigenvalue weighted by Crippen LogP contribution is 2.38. The average Bonchev–Trinajstić information content (AvgIpc) is 2.83. The standard InChI is InChI=1S/C15H21NO3/c1-15(7-3-4-8-15)10-16-13-9-11(19-2)5-6-12(13)14(17)18/h5-6,9,16H,3-4,7-8,10H2,1-2H3,(H,17,18). The van der Waals surface area contributed by atoms with Crippen LogP contribution < -0.4 is 10.1 Å². The van der Waals surface area contributed by atoms with Gasteiger partial charge in [0.2, 0.25) is 0 Å². The molecule has 1 saturated carbocycles. The molecule has 1 fully saturated rings. The molecule has 4 nitrogen and oxygen atoms in total. The predicted molar refractivity (Wildman–Crippen MR) is 75.0 cm³/mol. The summed E-state index contributed by atoms with van der Waals surface area (Å²) in [6, 6.07) is 5.01. The van der Waals surface area contributed by atoms with Crippen molar-refractivity contribution in [3.63, 3.8) is 0 Å². The van der Waals surface area contributed by atoms with Gasteiger partial charge < -0.3 is 15.2 Å². The molecule has 0 amide bonds. The van der Waals surface area contributed by atoms with Crippen LogP contribution in [0, 0.1) is 5.41 Å². The van der Waals surface area contributed by atoms with Crippen molar-refractivity contribution in [1.82, 2.24) is 0 Å². The van der Waals surface area contributed by atoms with E-state index in [1.807, 2.05) is 0 Å². The summed E-state index contributed by atoms with van der Waals surface area (Å²) in [4.78, 5) is 11.2. The quantitative estimate of drug-likeness (QED) is 0.855. The molecule has 0 aliphatic heterocycles. The summed E-state index contributed by atoms with van der Waals surface area (Å²) in [5, 5.41) is 12.5. The van der Waals surface area contributed by atoms with Crippen LogP contribution in [-0.4, -0.2) is 24.7 Å². The minimum atomic E-state index is -0.915. The Morgan fingerprint density at radius 1 is 1.42 bits per heavy atom. The van der Waals surface area contributed by atoms with Gasteiger partial charge in [-0.3, -0.25) is 0 Å². The number of hydrogen-bond donors (Lipinski definition) is 2.